The van der Waals surface area contributed by atoms with Crippen molar-refractivity contribution in [2.75, 3.05) is 13.7 Å². The first-order valence-corrected chi connectivity index (χ1v) is 6.87. The Kier molecular flexibility index (Phi) is 3.90. The Labute approximate surface area is 106 Å². The van der Waals surface area contributed by atoms with Crippen molar-refractivity contribution in [1.29, 1.82) is 0 Å². The largest absolute Gasteiger partial charge is 0.378 e. The zero-order valence-corrected chi connectivity index (χ0v) is 11.5. The molecule has 2 heterocycles. The monoisotopic (exact) mass is 259 g/mol. The maximum absolute atomic E-state index is 6.13. The van der Waals surface area contributed by atoms with Crippen LogP contribution in [-0.4, -0.2) is 19.8 Å². The summed E-state index contributed by atoms with van der Waals surface area (Å²) in [6.07, 6.45) is 1.46. The smallest absolute Gasteiger partial charge is 0.0960 e. The number of thiophene rings is 1. The first kappa shape index (κ1) is 12.4. The van der Waals surface area contributed by atoms with Gasteiger partial charge in [0.2, 0.25) is 0 Å². The summed E-state index contributed by atoms with van der Waals surface area (Å²) < 4.78 is 6.54. The van der Waals surface area contributed by atoms with Crippen molar-refractivity contribution in [2.45, 2.75) is 32.4 Å². The van der Waals surface area contributed by atoms with Crippen molar-refractivity contribution in [2.24, 2.45) is 5.92 Å². The van der Waals surface area contributed by atoms with Gasteiger partial charge in [-0.15, -0.1) is 11.3 Å². The minimum Gasteiger partial charge on any atom is -0.378 e. The van der Waals surface area contributed by atoms with Crippen LogP contribution in [-0.2, 0) is 4.74 Å². The van der Waals surface area contributed by atoms with E-state index in [1.807, 2.05) is 7.05 Å². The molecule has 1 aromatic rings. The molecule has 0 bridgehead atoms. The molecular weight excluding hydrogens is 242 g/mol. The van der Waals surface area contributed by atoms with Crippen molar-refractivity contribution in [3.63, 3.8) is 0 Å². The summed E-state index contributed by atoms with van der Waals surface area (Å²) in [4.78, 5) is 1.33. The molecule has 2 nitrogen and oxygen atoms in total. The van der Waals surface area contributed by atoms with Gasteiger partial charge in [0, 0.05) is 23.4 Å². The second-order valence-corrected chi connectivity index (χ2v) is 6.09. The molecule has 1 aliphatic heterocycles. The van der Waals surface area contributed by atoms with Crippen LogP contribution in [0.1, 0.15) is 29.8 Å². The molecule has 0 aromatic carbocycles. The zero-order valence-electron chi connectivity index (χ0n) is 9.92. The Bertz CT molecular complexity index is 346. The summed E-state index contributed by atoms with van der Waals surface area (Å²) in [5.41, 5.74) is 1.17. The average molecular weight is 260 g/mol. The Balaban J connectivity index is 2.21. The van der Waals surface area contributed by atoms with Gasteiger partial charge in [0.05, 0.1) is 10.4 Å². The van der Waals surface area contributed by atoms with E-state index >= 15 is 0 Å². The Morgan fingerprint density at radius 3 is 2.81 bits per heavy atom. The lowest BCUT2D eigenvalue weighted by atomic mass is 9.92. The Morgan fingerprint density at radius 1 is 1.62 bits per heavy atom. The van der Waals surface area contributed by atoms with Gasteiger partial charge in [-0.3, -0.25) is 0 Å². The Morgan fingerprint density at radius 2 is 2.38 bits per heavy atom. The lowest BCUT2D eigenvalue weighted by Gasteiger charge is -2.24. The number of hydrogen-bond donors (Lipinski definition) is 1. The molecule has 1 aliphatic rings. The van der Waals surface area contributed by atoms with Crippen molar-refractivity contribution in [3.8, 4) is 0 Å². The number of nitrogens with one attached hydrogen (secondary N) is 1. The van der Waals surface area contributed by atoms with Gasteiger partial charge in [-0.05, 0) is 38.9 Å². The van der Waals surface area contributed by atoms with E-state index in [0.29, 0.717) is 18.1 Å². The molecular formula is C12H18ClNOS. The molecule has 4 heteroatoms. The third kappa shape index (κ3) is 2.28. The summed E-state index contributed by atoms with van der Waals surface area (Å²) in [6, 6.07) is 2.56. The van der Waals surface area contributed by atoms with Gasteiger partial charge in [-0.25, -0.2) is 0 Å². The molecule has 16 heavy (non-hydrogen) atoms. The molecule has 0 aliphatic carbocycles. The van der Waals surface area contributed by atoms with E-state index in [2.05, 4.69) is 25.2 Å². The van der Waals surface area contributed by atoms with Crippen molar-refractivity contribution >= 4 is 22.9 Å². The summed E-state index contributed by atoms with van der Waals surface area (Å²) in [5, 5.41) is 3.40. The van der Waals surface area contributed by atoms with E-state index in [1.54, 1.807) is 11.3 Å². The van der Waals surface area contributed by atoms with Crippen molar-refractivity contribution < 1.29 is 4.74 Å². The van der Waals surface area contributed by atoms with Gasteiger partial charge in [-0.1, -0.05) is 11.6 Å². The fourth-order valence-corrected chi connectivity index (χ4v) is 3.79. The SMILES string of the molecule is CNC(c1cc(C)c(Cl)s1)C1CCOC1C. The number of rotatable bonds is 3. The second kappa shape index (κ2) is 5.05. The number of hydrogen-bond acceptors (Lipinski definition) is 3. The predicted octanol–water partition coefficient (Wildman–Crippen LogP) is 3.40. The fraction of sp³-hybridized carbons (Fsp3) is 0.667. The van der Waals surface area contributed by atoms with Crippen LogP contribution in [0.5, 0.6) is 0 Å². The summed E-state index contributed by atoms with van der Waals surface area (Å²) >= 11 is 7.82. The zero-order chi connectivity index (χ0) is 11.7. The van der Waals surface area contributed by atoms with Crippen LogP contribution in [0.25, 0.3) is 0 Å². The molecule has 3 unspecified atom stereocenters. The van der Waals surface area contributed by atoms with E-state index in [-0.39, 0.29) is 0 Å². The summed E-state index contributed by atoms with van der Waals surface area (Å²) in [7, 11) is 2.01. The van der Waals surface area contributed by atoms with Gasteiger partial charge in [0.1, 0.15) is 0 Å². The molecule has 0 spiro atoms. The van der Waals surface area contributed by atoms with Gasteiger partial charge in [-0.2, -0.15) is 0 Å². The lowest BCUT2D eigenvalue weighted by Crippen LogP contribution is -2.28. The standard InChI is InChI=1S/C12H18ClNOS/c1-7-6-10(16-12(7)13)11(14-3)9-4-5-15-8(9)2/h6,8-9,11,14H,4-5H2,1-3H3. The van der Waals surface area contributed by atoms with Crippen LogP contribution >= 0.6 is 22.9 Å². The second-order valence-electron chi connectivity index (χ2n) is 4.40. The first-order valence-electron chi connectivity index (χ1n) is 5.68. The number of ether oxygens (including phenoxy) is 1. The van der Waals surface area contributed by atoms with E-state index < -0.39 is 0 Å². The van der Waals surface area contributed by atoms with Crippen LogP contribution < -0.4 is 5.32 Å². The van der Waals surface area contributed by atoms with Crippen LogP contribution in [0, 0.1) is 12.8 Å². The minimum atomic E-state index is 0.332. The lowest BCUT2D eigenvalue weighted by molar-refractivity contribution is 0.0966. The highest BCUT2D eigenvalue weighted by Crippen LogP contribution is 2.38. The highest BCUT2D eigenvalue weighted by atomic mass is 35.5. The molecule has 0 saturated carbocycles. The molecule has 1 fully saturated rings. The molecule has 0 radical (unpaired) electrons. The third-order valence-corrected chi connectivity index (χ3v) is 5.00. The van der Waals surface area contributed by atoms with Crippen LogP contribution in [0.3, 0.4) is 0 Å². The van der Waals surface area contributed by atoms with Crippen molar-refractivity contribution in [1.82, 2.24) is 5.32 Å². The number of halogens is 1. The van der Waals surface area contributed by atoms with Crippen LogP contribution in [0.4, 0.5) is 0 Å². The van der Waals surface area contributed by atoms with Gasteiger partial charge < -0.3 is 10.1 Å². The van der Waals surface area contributed by atoms with Crippen LogP contribution in [0.15, 0.2) is 6.07 Å². The molecule has 1 N–H and O–H groups in total. The summed E-state index contributed by atoms with van der Waals surface area (Å²) in [5.74, 6) is 0.555. The fourth-order valence-electron chi connectivity index (χ4n) is 2.39. The third-order valence-electron chi connectivity index (χ3n) is 3.36. The molecule has 1 saturated heterocycles. The van der Waals surface area contributed by atoms with E-state index in [1.165, 1.54) is 10.4 Å². The van der Waals surface area contributed by atoms with E-state index in [9.17, 15) is 0 Å². The first-order chi connectivity index (χ1) is 7.63. The van der Waals surface area contributed by atoms with Gasteiger partial charge in [0.15, 0.2) is 0 Å². The minimum absolute atomic E-state index is 0.332. The summed E-state index contributed by atoms with van der Waals surface area (Å²) in [6.45, 7) is 5.09. The maximum atomic E-state index is 6.13. The molecule has 2 rings (SSSR count). The Hall–Kier alpha value is -0.0900. The molecule has 1 aromatic heterocycles. The normalized spacial score (nSPS) is 27.2. The van der Waals surface area contributed by atoms with E-state index in [4.69, 9.17) is 16.3 Å². The van der Waals surface area contributed by atoms with Crippen LogP contribution in [0.2, 0.25) is 4.34 Å². The maximum Gasteiger partial charge on any atom is 0.0960 e. The van der Waals surface area contributed by atoms with Crippen molar-refractivity contribution in [3.05, 3.63) is 20.8 Å². The highest BCUT2D eigenvalue weighted by Gasteiger charge is 2.32. The predicted molar refractivity (Wildman–Crippen MR) is 69.4 cm³/mol. The molecule has 3 atom stereocenters. The average Bonchev–Trinajstić information content (AvgIpc) is 2.78. The quantitative estimate of drug-likeness (QED) is 0.899. The molecule has 90 valence electrons. The number of aryl methyl sites for hydroxylation is 1. The van der Waals surface area contributed by atoms with Gasteiger partial charge >= 0.3 is 0 Å². The molecule has 0 amide bonds. The van der Waals surface area contributed by atoms with Gasteiger partial charge in [0.25, 0.3) is 0 Å². The highest BCUT2D eigenvalue weighted by molar-refractivity contribution is 7.16. The van der Waals surface area contributed by atoms with E-state index in [0.717, 1.165) is 17.4 Å². The topological polar surface area (TPSA) is 21.3 Å².